The van der Waals surface area contributed by atoms with Crippen molar-refractivity contribution in [2.24, 2.45) is 5.73 Å². The van der Waals surface area contributed by atoms with Crippen LogP contribution in [0.2, 0.25) is 0 Å². The Hall–Kier alpha value is -0.640. The van der Waals surface area contributed by atoms with E-state index in [1.54, 1.807) is 11.3 Å². The minimum absolute atomic E-state index is 0.00759. The van der Waals surface area contributed by atoms with E-state index in [1.165, 1.54) is 21.6 Å². The van der Waals surface area contributed by atoms with Gasteiger partial charge >= 0.3 is 0 Å². The third kappa shape index (κ3) is 2.21. The van der Waals surface area contributed by atoms with E-state index in [0.717, 1.165) is 4.47 Å². The number of hydrogen-bond acceptors (Lipinski definition) is 2. The smallest absolute Gasteiger partial charge is 0.0648 e. The molecule has 0 spiro atoms. The van der Waals surface area contributed by atoms with Gasteiger partial charge in [0.25, 0.3) is 0 Å². The van der Waals surface area contributed by atoms with Crippen molar-refractivity contribution in [1.82, 2.24) is 0 Å². The zero-order chi connectivity index (χ0) is 11.7. The summed E-state index contributed by atoms with van der Waals surface area (Å²) < 4.78 is 1.13. The van der Waals surface area contributed by atoms with Crippen LogP contribution >= 0.6 is 27.3 Å². The maximum Gasteiger partial charge on any atom is 0.0648 e. The van der Waals surface area contributed by atoms with Gasteiger partial charge in [-0.3, -0.25) is 0 Å². The van der Waals surface area contributed by atoms with E-state index in [2.05, 4.69) is 59.4 Å². The molecule has 1 atom stereocenters. The van der Waals surface area contributed by atoms with Gasteiger partial charge in [-0.25, -0.2) is 0 Å². The fourth-order valence-corrected chi connectivity index (χ4v) is 2.92. The fraction of sp³-hybridized carbons (Fsp3) is 0.231. The Kier molecular flexibility index (Phi) is 3.47. The summed E-state index contributed by atoms with van der Waals surface area (Å²) in [6, 6.07) is 8.40. The first kappa shape index (κ1) is 11.8. The number of thiophene rings is 1. The van der Waals surface area contributed by atoms with E-state index in [9.17, 15) is 0 Å². The Morgan fingerprint density at radius 3 is 2.50 bits per heavy atom. The molecule has 0 aliphatic carbocycles. The topological polar surface area (TPSA) is 26.0 Å². The van der Waals surface area contributed by atoms with Gasteiger partial charge in [0.15, 0.2) is 0 Å². The van der Waals surface area contributed by atoms with Gasteiger partial charge in [0.1, 0.15) is 0 Å². The summed E-state index contributed by atoms with van der Waals surface area (Å²) in [4.78, 5) is 1.25. The highest BCUT2D eigenvalue weighted by Crippen LogP contribution is 2.29. The molecule has 0 aliphatic heterocycles. The van der Waals surface area contributed by atoms with Gasteiger partial charge in [-0.1, -0.05) is 28.1 Å². The van der Waals surface area contributed by atoms with Crippen molar-refractivity contribution in [3.63, 3.8) is 0 Å². The molecule has 1 heterocycles. The van der Waals surface area contributed by atoms with Gasteiger partial charge < -0.3 is 5.73 Å². The van der Waals surface area contributed by atoms with Crippen molar-refractivity contribution in [2.75, 3.05) is 0 Å². The van der Waals surface area contributed by atoms with Gasteiger partial charge in [-0.2, -0.15) is 0 Å². The lowest BCUT2D eigenvalue weighted by Crippen LogP contribution is -2.11. The standard InChI is InChI=1S/C13H14BrNS/c1-8-5-6-16-13(8)12(15)10-3-4-11(14)9(2)7-10/h3-7,12H,15H2,1-2H3. The quantitative estimate of drug-likeness (QED) is 0.884. The monoisotopic (exact) mass is 295 g/mol. The summed E-state index contributed by atoms with van der Waals surface area (Å²) in [6.07, 6.45) is 0. The zero-order valence-corrected chi connectivity index (χ0v) is 11.7. The van der Waals surface area contributed by atoms with E-state index in [4.69, 9.17) is 5.73 Å². The molecule has 1 nitrogen and oxygen atoms in total. The van der Waals surface area contributed by atoms with E-state index in [1.807, 2.05) is 0 Å². The zero-order valence-electron chi connectivity index (χ0n) is 9.33. The predicted molar refractivity (Wildman–Crippen MR) is 74.0 cm³/mol. The molecule has 0 saturated carbocycles. The molecular formula is C13H14BrNS. The molecule has 0 amide bonds. The maximum absolute atomic E-state index is 6.28. The van der Waals surface area contributed by atoms with Gasteiger partial charge in [0.2, 0.25) is 0 Å². The number of rotatable bonds is 2. The minimum atomic E-state index is -0.00759. The molecule has 1 aromatic carbocycles. The van der Waals surface area contributed by atoms with Crippen LogP contribution < -0.4 is 5.73 Å². The Morgan fingerprint density at radius 2 is 1.94 bits per heavy atom. The molecule has 84 valence electrons. The van der Waals surface area contributed by atoms with Crippen LogP contribution in [0.3, 0.4) is 0 Å². The first-order chi connectivity index (χ1) is 7.59. The van der Waals surface area contributed by atoms with Gasteiger partial charge in [-0.15, -0.1) is 11.3 Å². The lowest BCUT2D eigenvalue weighted by Gasteiger charge is -2.13. The molecule has 2 N–H and O–H groups in total. The van der Waals surface area contributed by atoms with Crippen LogP contribution in [0.4, 0.5) is 0 Å². The summed E-state index contributed by atoms with van der Waals surface area (Å²) in [5.41, 5.74) is 9.95. The maximum atomic E-state index is 6.28. The van der Waals surface area contributed by atoms with Crippen molar-refractivity contribution in [3.8, 4) is 0 Å². The average molecular weight is 296 g/mol. The lowest BCUT2D eigenvalue weighted by atomic mass is 10.0. The number of benzene rings is 1. The van der Waals surface area contributed by atoms with Crippen molar-refractivity contribution in [3.05, 3.63) is 55.7 Å². The first-order valence-corrected chi connectivity index (χ1v) is 6.82. The molecule has 0 saturated heterocycles. The summed E-state index contributed by atoms with van der Waals surface area (Å²) >= 11 is 5.23. The minimum Gasteiger partial charge on any atom is -0.320 e. The summed E-state index contributed by atoms with van der Waals surface area (Å²) in [5.74, 6) is 0. The van der Waals surface area contributed by atoms with Crippen LogP contribution in [-0.4, -0.2) is 0 Å². The second-order valence-electron chi connectivity index (χ2n) is 3.95. The molecule has 16 heavy (non-hydrogen) atoms. The molecule has 0 aliphatic rings. The number of hydrogen-bond donors (Lipinski definition) is 1. The van der Waals surface area contributed by atoms with Crippen LogP contribution in [0, 0.1) is 13.8 Å². The molecule has 0 radical (unpaired) electrons. The highest BCUT2D eigenvalue weighted by Gasteiger charge is 2.13. The highest BCUT2D eigenvalue weighted by molar-refractivity contribution is 9.10. The molecule has 2 rings (SSSR count). The Morgan fingerprint density at radius 1 is 1.19 bits per heavy atom. The van der Waals surface area contributed by atoms with Crippen molar-refractivity contribution in [1.29, 1.82) is 0 Å². The normalized spacial score (nSPS) is 12.8. The third-order valence-electron chi connectivity index (χ3n) is 2.73. The van der Waals surface area contributed by atoms with E-state index < -0.39 is 0 Å². The predicted octanol–water partition coefficient (Wildman–Crippen LogP) is 4.18. The third-order valence-corrected chi connectivity index (χ3v) is 4.72. The summed E-state index contributed by atoms with van der Waals surface area (Å²) in [5, 5.41) is 2.09. The first-order valence-electron chi connectivity index (χ1n) is 5.15. The molecule has 2 aromatic rings. The second kappa shape index (κ2) is 4.70. The molecular weight excluding hydrogens is 282 g/mol. The Bertz CT molecular complexity index is 504. The van der Waals surface area contributed by atoms with Crippen molar-refractivity contribution < 1.29 is 0 Å². The van der Waals surface area contributed by atoms with Crippen molar-refractivity contribution in [2.45, 2.75) is 19.9 Å². The molecule has 0 bridgehead atoms. The second-order valence-corrected chi connectivity index (χ2v) is 5.76. The van der Waals surface area contributed by atoms with Crippen molar-refractivity contribution >= 4 is 27.3 Å². The van der Waals surface area contributed by atoms with Crippen LogP contribution in [0.25, 0.3) is 0 Å². The number of halogens is 1. The Balaban J connectivity index is 2.38. The van der Waals surface area contributed by atoms with Crippen LogP contribution in [-0.2, 0) is 0 Å². The highest BCUT2D eigenvalue weighted by atomic mass is 79.9. The number of aryl methyl sites for hydroxylation is 2. The van der Waals surface area contributed by atoms with E-state index in [-0.39, 0.29) is 6.04 Å². The Labute approximate surface area is 108 Å². The lowest BCUT2D eigenvalue weighted by molar-refractivity contribution is 0.882. The largest absolute Gasteiger partial charge is 0.320 e. The summed E-state index contributed by atoms with van der Waals surface area (Å²) in [7, 11) is 0. The molecule has 1 unspecified atom stereocenters. The molecule has 1 aromatic heterocycles. The van der Waals surface area contributed by atoms with Crippen LogP contribution in [0.15, 0.2) is 34.1 Å². The van der Waals surface area contributed by atoms with Crippen LogP contribution in [0.5, 0.6) is 0 Å². The molecule has 0 fully saturated rings. The SMILES string of the molecule is Cc1cc(C(N)c2sccc2C)ccc1Br. The molecule has 3 heteroatoms. The van der Waals surface area contributed by atoms with Gasteiger partial charge in [0, 0.05) is 9.35 Å². The van der Waals surface area contributed by atoms with Crippen LogP contribution in [0.1, 0.15) is 27.6 Å². The van der Waals surface area contributed by atoms with E-state index >= 15 is 0 Å². The number of nitrogens with two attached hydrogens (primary N) is 1. The average Bonchev–Trinajstić information content (AvgIpc) is 2.67. The summed E-state index contributed by atoms with van der Waals surface area (Å²) in [6.45, 7) is 4.19. The fourth-order valence-electron chi connectivity index (χ4n) is 1.72. The van der Waals surface area contributed by atoms with Gasteiger partial charge in [0.05, 0.1) is 6.04 Å². The van der Waals surface area contributed by atoms with E-state index in [0.29, 0.717) is 0 Å². The van der Waals surface area contributed by atoms with Gasteiger partial charge in [-0.05, 0) is 48.1 Å².